The lowest BCUT2D eigenvalue weighted by Gasteiger charge is -2.28. The molecule has 1 heterocycles. The molecule has 2 N–H and O–H groups in total. The Balaban J connectivity index is 2.10. The van der Waals surface area contributed by atoms with Gasteiger partial charge >= 0.3 is 5.69 Å². The number of allylic oxidation sites excluding steroid dienone is 2. The van der Waals surface area contributed by atoms with Crippen LogP contribution in [-0.2, 0) is 0 Å². The lowest BCUT2D eigenvalue weighted by atomic mass is 9.89. The number of aryl methyl sites for hydroxylation is 1. The van der Waals surface area contributed by atoms with Crippen molar-refractivity contribution in [3.8, 4) is 0 Å². The van der Waals surface area contributed by atoms with Crippen molar-refractivity contribution >= 4 is 0 Å². The third kappa shape index (κ3) is 1.50. The first kappa shape index (κ1) is 11.5. The SMILES string of the molecule is Cc1cn([C@H]2[C@H](CO)[C@@H]3C=C[C@H]2C3)c(=O)[nH]c1=O. The van der Waals surface area contributed by atoms with Crippen LogP contribution in [-0.4, -0.2) is 21.3 Å². The fourth-order valence-electron chi connectivity index (χ4n) is 3.36. The lowest BCUT2D eigenvalue weighted by molar-refractivity contribution is 0.163. The van der Waals surface area contributed by atoms with Crippen LogP contribution in [0, 0.1) is 24.7 Å². The maximum Gasteiger partial charge on any atom is 0.328 e. The molecule has 1 aromatic heterocycles. The number of aliphatic hydroxyl groups excluding tert-OH is 1. The van der Waals surface area contributed by atoms with Crippen molar-refractivity contribution in [1.82, 2.24) is 9.55 Å². The molecule has 1 saturated carbocycles. The molecule has 18 heavy (non-hydrogen) atoms. The number of hydrogen-bond acceptors (Lipinski definition) is 3. The molecule has 0 aliphatic heterocycles. The predicted octanol–water partition coefficient (Wildman–Crippen LogP) is 0.201. The molecule has 3 rings (SSSR count). The van der Waals surface area contributed by atoms with Crippen molar-refractivity contribution in [1.29, 1.82) is 0 Å². The van der Waals surface area contributed by atoms with E-state index in [0.29, 0.717) is 11.5 Å². The van der Waals surface area contributed by atoms with Gasteiger partial charge in [-0.25, -0.2) is 4.79 Å². The fraction of sp³-hybridized carbons (Fsp3) is 0.538. The maximum atomic E-state index is 11.9. The largest absolute Gasteiger partial charge is 0.396 e. The van der Waals surface area contributed by atoms with Crippen LogP contribution in [0.15, 0.2) is 27.9 Å². The molecule has 0 aromatic carbocycles. The zero-order valence-electron chi connectivity index (χ0n) is 10.2. The van der Waals surface area contributed by atoms with E-state index < -0.39 is 0 Å². The molecule has 0 spiro atoms. The van der Waals surface area contributed by atoms with Crippen LogP contribution in [0.4, 0.5) is 0 Å². The Kier molecular flexibility index (Phi) is 2.52. The minimum absolute atomic E-state index is 0.0342. The van der Waals surface area contributed by atoms with E-state index in [4.69, 9.17) is 0 Å². The topological polar surface area (TPSA) is 75.1 Å². The monoisotopic (exact) mass is 248 g/mol. The van der Waals surface area contributed by atoms with Crippen molar-refractivity contribution in [2.24, 2.45) is 17.8 Å². The van der Waals surface area contributed by atoms with Crippen LogP contribution >= 0.6 is 0 Å². The van der Waals surface area contributed by atoms with E-state index in [2.05, 4.69) is 17.1 Å². The number of hydrogen-bond donors (Lipinski definition) is 2. The highest BCUT2D eigenvalue weighted by Gasteiger charge is 2.45. The third-order valence-electron chi connectivity index (χ3n) is 4.25. The average molecular weight is 248 g/mol. The van der Waals surface area contributed by atoms with Crippen molar-refractivity contribution in [2.75, 3.05) is 6.61 Å². The Morgan fingerprint density at radius 1 is 1.39 bits per heavy atom. The van der Waals surface area contributed by atoms with Gasteiger partial charge in [-0.15, -0.1) is 0 Å². The quantitative estimate of drug-likeness (QED) is 0.734. The van der Waals surface area contributed by atoms with E-state index in [0.717, 1.165) is 6.42 Å². The molecule has 2 aliphatic carbocycles. The Bertz CT molecular complexity index is 613. The molecule has 1 aromatic rings. The molecule has 2 aliphatic rings. The number of rotatable bonds is 2. The number of aromatic amines is 1. The van der Waals surface area contributed by atoms with E-state index >= 15 is 0 Å². The Hall–Kier alpha value is -1.62. The molecule has 5 nitrogen and oxygen atoms in total. The van der Waals surface area contributed by atoms with E-state index in [1.165, 1.54) is 0 Å². The zero-order valence-corrected chi connectivity index (χ0v) is 10.2. The van der Waals surface area contributed by atoms with E-state index in [1.54, 1.807) is 17.7 Å². The van der Waals surface area contributed by atoms with E-state index in [1.807, 2.05) is 0 Å². The van der Waals surface area contributed by atoms with Gasteiger partial charge in [0.25, 0.3) is 5.56 Å². The second-order valence-corrected chi connectivity index (χ2v) is 5.26. The van der Waals surface area contributed by atoms with Crippen LogP contribution in [0.1, 0.15) is 18.0 Å². The standard InChI is InChI=1S/C13H16N2O3/c1-7-5-15(13(18)14-12(7)17)11-9-3-2-8(4-9)10(11)6-16/h2-3,5,8-11,16H,4,6H2,1H3,(H,14,17,18)/t8-,9+,10-,11-/m1/s1. The lowest BCUT2D eigenvalue weighted by Crippen LogP contribution is -2.38. The number of aliphatic hydroxyl groups is 1. The number of fused-ring (bicyclic) bond motifs is 2. The highest BCUT2D eigenvalue weighted by Crippen LogP contribution is 2.49. The first-order chi connectivity index (χ1) is 8.61. The molecule has 0 amide bonds. The van der Waals surface area contributed by atoms with Crippen molar-refractivity contribution in [3.63, 3.8) is 0 Å². The molecule has 5 heteroatoms. The summed E-state index contributed by atoms with van der Waals surface area (Å²) in [6.45, 7) is 1.76. The highest BCUT2D eigenvalue weighted by molar-refractivity contribution is 5.16. The molecule has 2 bridgehead atoms. The number of aromatic nitrogens is 2. The molecule has 0 saturated heterocycles. The van der Waals surface area contributed by atoms with Gasteiger partial charge in [-0.05, 0) is 25.2 Å². The average Bonchev–Trinajstić information content (AvgIpc) is 2.93. The predicted molar refractivity (Wildman–Crippen MR) is 66.4 cm³/mol. The fourth-order valence-corrected chi connectivity index (χ4v) is 3.36. The van der Waals surface area contributed by atoms with Gasteiger partial charge in [0.15, 0.2) is 0 Å². The van der Waals surface area contributed by atoms with Gasteiger partial charge in [-0.1, -0.05) is 12.2 Å². The summed E-state index contributed by atoms with van der Waals surface area (Å²) in [4.78, 5) is 25.6. The number of nitrogens with one attached hydrogen (secondary N) is 1. The van der Waals surface area contributed by atoms with Gasteiger partial charge in [0.1, 0.15) is 0 Å². The first-order valence-electron chi connectivity index (χ1n) is 6.23. The summed E-state index contributed by atoms with van der Waals surface area (Å²) in [5.74, 6) is 0.710. The second-order valence-electron chi connectivity index (χ2n) is 5.26. The van der Waals surface area contributed by atoms with E-state index in [-0.39, 0.29) is 35.7 Å². The summed E-state index contributed by atoms with van der Waals surface area (Å²) in [5.41, 5.74) is -0.191. The van der Waals surface area contributed by atoms with E-state index in [9.17, 15) is 14.7 Å². The van der Waals surface area contributed by atoms with Crippen LogP contribution in [0.2, 0.25) is 0 Å². The van der Waals surface area contributed by atoms with Gasteiger partial charge in [0.05, 0.1) is 0 Å². The molecule has 4 atom stereocenters. The van der Waals surface area contributed by atoms with Gasteiger partial charge < -0.3 is 5.11 Å². The molecule has 1 fully saturated rings. The summed E-state index contributed by atoms with van der Waals surface area (Å²) in [6.07, 6.45) is 6.85. The maximum absolute atomic E-state index is 11.9. The summed E-state index contributed by atoms with van der Waals surface area (Å²) < 4.78 is 1.59. The smallest absolute Gasteiger partial charge is 0.328 e. The Morgan fingerprint density at radius 2 is 2.11 bits per heavy atom. The zero-order chi connectivity index (χ0) is 12.9. The van der Waals surface area contributed by atoms with Crippen molar-refractivity contribution in [3.05, 3.63) is 44.8 Å². The van der Waals surface area contributed by atoms with Gasteiger partial charge in [-0.3, -0.25) is 14.3 Å². The number of H-pyrrole nitrogens is 1. The second kappa shape index (κ2) is 3.95. The summed E-state index contributed by atoms with van der Waals surface area (Å²) in [7, 11) is 0. The van der Waals surface area contributed by atoms with Crippen LogP contribution in [0.5, 0.6) is 0 Å². The first-order valence-corrected chi connectivity index (χ1v) is 6.23. The summed E-state index contributed by atoms with van der Waals surface area (Å²) >= 11 is 0. The van der Waals surface area contributed by atoms with Crippen molar-refractivity contribution in [2.45, 2.75) is 19.4 Å². The molecular weight excluding hydrogens is 232 g/mol. The highest BCUT2D eigenvalue weighted by atomic mass is 16.3. The molecule has 96 valence electrons. The van der Waals surface area contributed by atoms with Gasteiger partial charge in [0.2, 0.25) is 0 Å². The normalized spacial score (nSPS) is 33.2. The summed E-state index contributed by atoms with van der Waals surface area (Å²) in [6, 6.07) is -0.0342. The summed E-state index contributed by atoms with van der Waals surface area (Å²) in [5, 5.41) is 9.51. The van der Waals surface area contributed by atoms with Crippen LogP contribution < -0.4 is 11.2 Å². The molecule has 0 unspecified atom stereocenters. The molecule has 0 radical (unpaired) electrons. The number of nitrogens with zero attached hydrogens (tertiary/aromatic N) is 1. The molecular formula is C13H16N2O3. The van der Waals surface area contributed by atoms with Crippen molar-refractivity contribution < 1.29 is 5.11 Å². The van der Waals surface area contributed by atoms with Crippen LogP contribution in [0.3, 0.4) is 0 Å². The minimum atomic E-state index is -0.380. The van der Waals surface area contributed by atoms with Gasteiger partial charge in [0, 0.05) is 30.3 Å². The van der Waals surface area contributed by atoms with Gasteiger partial charge in [-0.2, -0.15) is 0 Å². The minimum Gasteiger partial charge on any atom is -0.396 e. The van der Waals surface area contributed by atoms with Crippen LogP contribution in [0.25, 0.3) is 0 Å². The Morgan fingerprint density at radius 3 is 2.83 bits per heavy atom. The Labute approximate surface area is 104 Å². The third-order valence-corrected chi connectivity index (χ3v) is 4.25.